The van der Waals surface area contributed by atoms with Crippen molar-refractivity contribution >= 4 is 11.9 Å². The Morgan fingerprint density at radius 1 is 1.33 bits per heavy atom. The van der Waals surface area contributed by atoms with Crippen LogP contribution in [-0.2, 0) is 9.53 Å². The SMILES string of the molecule is COC(=O)C(CO)NC(=O)c1cc(F)cc(F)c1. The number of nitrogens with one attached hydrogen (secondary N) is 1. The first-order valence-electron chi connectivity index (χ1n) is 4.93. The summed E-state index contributed by atoms with van der Waals surface area (Å²) >= 11 is 0. The van der Waals surface area contributed by atoms with Crippen LogP contribution in [0.5, 0.6) is 0 Å². The van der Waals surface area contributed by atoms with Crippen LogP contribution in [0.15, 0.2) is 18.2 Å². The van der Waals surface area contributed by atoms with Gasteiger partial charge in [-0.2, -0.15) is 0 Å². The van der Waals surface area contributed by atoms with Crippen molar-refractivity contribution in [3.05, 3.63) is 35.4 Å². The van der Waals surface area contributed by atoms with Gasteiger partial charge in [-0.1, -0.05) is 0 Å². The largest absolute Gasteiger partial charge is 0.467 e. The van der Waals surface area contributed by atoms with Gasteiger partial charge >= 0.3 is 5.97 Å². The van der Waals surface area contributed by atoms with Gasteiger partial charge in [0, 0.05) is 11.6 Å². The summed E-state index contributed by atoms with van der Waals surface area (Å²) in [5, 5.41) is 11.0. The van der Waals surface area contributed by atoms with Gasteiger partial charge in [-0.3, -0.25) is 4.79 Å². The van der Waals surface area contributed by atoms with E-state index < -0.39 is 36.2 Å². The fraction of sp³-hybridized carbons (Fsp3) is 0.273. The van der Waals surface area contributed by atoms with Crippen molar-refractivity contribution in [2.24, 2.45) is 0 Å². The topological polar surface area (TPSA) is 75.6 Å². The van der Waals surface area contributed by atoms with E-state index >= 15 is 0 Å². The normalized spacial score (nSPS) is 11.8. The van der Waals surface area contributed by atoms with E-state index in [0.717, 1.165) is 19.2 Å². The molecule has 1 aromatic rings. The van der Waals surface area contributed by atoms with Gasteiger partial charge in [0.1, 0.15) is 11.6 Å². The molecule has 0 heterocycles. The number of methoxy groups -OCH3 is 1. The van der Waals surface area contributed by atoms with Gasteiger partial charge in [0.05, 0.1) is 13.7 Å². The molecule has 0 fully saturated rings. The first-order chi connectivity index (χ1) is 8.47. The lowest BCUT2D eigenvalue weighted by Gasteiger charge is -2.13. The molecule has 1 unspecified atom stereocenters. The molecule has 98 valence electrons. The molecule has 0 spiro atoms. The lowest BCUT2D eigenvalue weighted by molar-refractivity contribution is -0.143. The lowest BCUT2D eigenvalue weighted by Crippen LogP contribution is -2.44. The van der Waals surface area contributed by atoms with E-state index in [-0.39, 0.29) is 5.56 Å². The zero-order chi connectivity index (χ0) is 13.7. The first kappa shape index (κ1) is 14.0. The standard InChI is InChI=1S/C11H11F2NO4/c1-18-11(17)9(5-15)14-10(16)6-2-7(12)4-8(13)3-6/h2-4,9,15H,5H2,1H3,(H,14,16). The van der Waals surface area contributed by atoms with Crippen LogP contribution >= 0.6 is 0 Å². The van der Waals surface area contributed by atoms with Crippen LogP contribution in [0.25, 0.3) is 0 Å². The maximum Gasteiger partial charge on any atom is 0.330 e. The Hall–Kier alpha value is -2.02. The Balaban J connectivity index is 2.84. The second-order valence-corrected chi connectivity index (χ2v) is 3.39. The fourth-order valence-electron chi connectivity index (χ4n) is 1.25. The van der Waals surface area contributed by atoms with Gasteiger partial charge in [-0.05, 0) is 12.1 Å². The lowest BCUT2D eigenvalue weighted by atomic mass is 10.2. The number of rotatable bonds is 4. The predicted molar refractivity (Wildman–Crippen MR) is 56.7 cm³/mol. The summed E-state index contributed by atoms with van der Waals surface area (Å²) in [6.07, 6.45) is 0. The number of ether oxygens (including phenoxy) is 1. The number of hydrogen-bond acceptors (Lipinski definition) is 4. The zero-order valence-electron chi connectivity index (χ0n) is 9.44. The number of aliphatic hydroxyl groups excluding tert-OH is 1. The van der Waals surface area contributed by atoms with Gasteiger partial charge in [0.2, 0.25) is 0 Å². The summed E-state index contributed by atoms with van der Waals surface area (Å²) in [7, 11) is 1.08. The highest BCUT2D eigenvalue weighted by Gasteiger charge is 2.21. The third kappa shape index (κ3) is 3.49. The van der Waals surface area contributed by atoms with Gasteiger partial charge in [-0.15, -0.1) is 0 Å². The number of amides is 1. The highest BCUT2D eigenvalue weighted by molar-refractivity contribution is 5.96. The van der Waals surface area contributed by atoms with Crippen LogP contribution < -0.4 is 5.32 Å². The van der Waals surface area contributed by atoms with Crippen molar-refractivity contribution in [2.75, 3.05) is 13.7 Å². The van der Waals surface area contributed by atoms with Crippen LogP contribution in [0, 0.1) is 11.6 Å². The van der Waals surface area contributed by atoms with E-state index in [1.807, 2.05) is 0 Å². The van der Waals surface area contributed by atoms with Crippen LogP contribution in [0.4, 0.5) is 8.78 Å². The quantitative estimate of drug-likeness (QED) is 0.759. The van der Waals surface area contributed by atoms with Crippen molar-refractivity contribution in [1.82, 2.24) is 5.32 Å². The summed E-state index contributed by atoms with van der Waals surface area (Å²) in [4.78, 5) is 22.7. The summed E-state index contributed by atoms with van der Waals surface area (Å²) in [5.74, 6) is -3.59. The summed E-state index contributed by atoms with van der Waals surface area (Å²) in [6.45, 7) is -0.684. The third-order valence-electron chi connectivity index (χ3n) is 2.10. The molecule has 7 heteroatoms. The molecule has 0 aliphatic carbocycles. The van der Waals surface area contributed by atoms with Gasteiger partial charge in [0.15, 0.2) is 6.04 Å². The molecule has 0 bridgehead atoms. The molecule has 1 atom stereocenters. The average Bonchev–Trinajstić information content (AvgIpc) is 2.33. The minimum Gasteiger partial charge on any atom is -0.467 e. The number of halogens is 2. The molecule has 0 radical (unpaired) electrons. The minimum absolute atomic E-state index is 0.296. The van der Waals surface area contributed by atoms with Gasteiger partial charge in [-0.25, -0.2) is 13.6 Å². The van der Waals surface area contributed by atoms with Crippen LogP contribution in [0.1, 0.15) is 10.4 Å². The molecule has 1 aromatic carbocycles. The fourth-order valence-corrected chi connectivity index (χ4v) is 1.25. The molecule has 2 N–H and O–H groups in total. The molecule has 0 saturated heterocycles. The van der Waals surface area contributed by atoms with E-state index in [1.165, 1.54) is 0 Å². The molecule has 0 aliphatic rings. The molecule has 1 rings (SSSR count). The number of hydrogen-bond donors (Lipinski definition) is 2. The Bertz CT molecular complexity index is 444. The summed E-state index contributed by atoms with van der Waals surface area (Å²) in [6, 6.07) is 0.948. The van der Waals surface area contributed by atoms with Crippen molar-refractivity contribution in [3.8, 4) is 0 Å². The van der Waals surface area contributed by atoms with E-state index in [2.05, 4.69) is 10.1 Å². The van der Waals surface area contributed by atoms with Gasteiger partial charge in [0.25, 0.3) is 5.91 Å². The first-order valence-corrected chi connectivity index (χ1v) is 4.93. The second-order valence-electron chi connectivity index (χ2n) is 3.39. The number of carbonyl (C=O) groups is 2. The Labute approximate surface area is 101 Å². The van der Waals surface area contributed by atoms with Crippen molar-refractivity contribution in [1.29, 1.82) is 0 Å². The minimum atomic E-state index is -1.28. The third-order valence-corrected chi connectivity index (χ3v) is 2.10. The van der Waals surface area contributed by atoms with Crippen LogP contribution in [0.3, 0.4) is 0 Å². The van der Waals surface area contributed by atoms with Crippen LogP contribution in [-0.4, -0.2) is 36.7 Å². The van der Waals surface area contributed by atoms with E-state index in [4.69, 9.17) is 5.11 Å². The van der Waals surface area contributed by atoms with Crippen molar-refractivity contribution in [2.45, 2.75) is 6.04 Å². The molecule has 0 aliphatic heterocycles. The van der Waals surface area contributed by atoms with Crippen LogP contribution in [0.2, 0.25) is 0 Å². The average molecular weight is 259 g/mol. The molecule has 0 aromatic heterocycles. The number of benzene rings is 1. The number of carbonyl (C=O) groups excluding carboxylic acids is 2. The summed E-state index contributed by atoms with van der Waals surface area (Å²) < 4.78 is 30.1. The smallest absolute Gasteiger partial charge is 0.330 e. The maximum atomic E-state index is 12.9. The number of aliphatic hydroxyl groups is 1. The predicted octanol–water partition coefficient (Wildman–Crippen LogP) is 0.228. The monoisotopic (exact) mass is 259 g/mol. The zero-order valence-corrected chi connectivity index (χ0v) is 9.44. The van der Waals surface area contributed by atoms with Gasteiger partial charge < -0.3 is 15.2 Å². The number of esters is 1. The molecule has 5 nitrogen and oxygen atoms in total. The van der Waals surface area contributed by atoms with E-state index in [0.29, 0.717) is 6.07 Å². The molecule has 18 heavy (non-hydrogen) atoms. The molecular weight excluding hydrogens is 248 g/mol. The highest BCUT2D eigenvalue weighted by atomic mass is 19.1. The second kappa shape index (κ2) is 6.06. The Morgan fingerprint density at radius 3 is 2.33 bits per heavy atom. The summed E-state index contributed by atoms with van der Waals surface area (Å²) in [5.41, 5.74) is -0.296. The molecule has 1 amide bonds. The molecular formula is C11H11F2NO4. The molecule has 0 saturated carbocycles. The Morgan fingerprint density at radius 2 is 1.89 bits per heavy atom. The Kier molecular flexibility index (Phi) is 4.73. The maximum absolute atomic E-state index is 12.9. The van der Waals surface area contributed by atoms with E-state index in [9.17, 15) is 18.4 Å². The van der Waals surface area contributed by atoms with Crippen molar-refractivity contribution in [3.63, 3.8) is 0 Å². The van der Waals surface area contributed by atoms with E-state index in [1.54, 1.807) is 0 Å². The van der Waals surface area contributed by atoms with Crippen molar-refractivity contribution < 1.29 is 28.2 Å². The highest BCUT2D eigenvalue weighted by Crippen LogP contribution is 2.08.